The number of hydrogen-bond acceptors (Lipinski definition) is 5. The first kappa shape index (κ1) is 23.9. The molecule has 0 aliphatic carbocycles. The smallest absolute Gasteiger partial charge is 0.191 e. The summed E-state index contributed by atoms with van der Waals surface area (Å²) in [4.78, 5) is 8.72. The number of hydrogen-bond donors (Lipinski definition) is 2. The van der Waals surface area contributed by atoms with E-state index in [1.165, 1.54) is 4.88 Å². The Hall–Kier alpha value is -0.420. The monoisotopic (exact) mass is 522 g/mol. The van der Waals surface area contributed by atoms with Gasteiger partial charge in [-0.2, -0.15) is 0 Å². The first-order valence-electron chi connectivity index (χ1n) is 10.1. The Balaban J connectivity index is 0.00000280. The van der Waals surface area contributed by atoms with Gasteiger partial charge in [0.25, 0.3) is 0 Å². The van der Waals surface area contributed by atoms with Crippen LogP contribution in [0.3, 0.4) is 0 Å². The highest BCUT2D eigenvalue weighted by Crippen LogP contribution is 2.27. The van der Waals surface area contributed by atoms with Crippen molar-refractivity contribution < 1.29 is 9.47 Å². The molecule has 3 heterocycles. The number of nitrogens with one attached hydrogen (secondary N) is 2. The van der Waals surface area contributed by atoms with Gasteiger partial charge in [-0.1, -0.05) is 6.07 Å². The number of rotatable bonds is 7. The molecule has 2 saturated heterocycles. The van der Waals surface area contributed by atoms with Gasteiger partial charge in [-0.05, 0) is 45.1 Å². The van der Waals surface area contributed by atoms with Crippen molar-refractivity contribution >= 4 is 41.3 Å². The van der Waals surface area contributed by atoms with E-state index in [0.717, 1.165) is 58.2 Å². The van der Waals surface area contributed by atoms with Gasteiger partial charge in [0.2, 0.25) is 0 Å². The second-order valence-corrected chi connectivity index (χ2v) is 8.66. The lowest BCUT2D eigenvalue weighted by molar-refractivity contribution is -0.0334. The number of ether oxygens (including phenoxy) is 2. The fourth-order valence-electron chi connectivity index (χ4n) is 3.76. The van der Waals surface area contributed by atoms with Gasteiger partial charge in [-0.3, -0.25) is 9.89 Å². The second kappa shape index (κ2) is 11.7. The maximum atomic E-state index is 5.88. The van der Waals surface area contributed by atoms with Crippen LogP contribution in [0.5, 0.6) is 0 Å². The number of thiophene rings is 1. The van der Waals surface area contributed by atoms with Crippen LogP contribution in [0, 0.1) is 0 Å². The Bertz CT molecular complexity index is 593. The Morgan fingerprint density at radius 1 is 1.43 bits per heavy atom. The highest BCUT2D eigenvalue weighted by atomic mass is 127. The third-order valence-corrected chi connectivity index (χ3v) is 6.24. The van der Waals surface area contributed by atoms with E-state index in [1.54, 1.807) is 0 Å². The van der Waals surface area contributed by atoms with Gasteiger partial charge in [0, 0.05) is 37.7 Å². The first-order valence-corrected chi connectivity index (χ1v) is 11.0. The number of halogens is 1. The highest BCUT2D eigenvalue weighted by Gasteiger charge is 2.30. The van der Waals surface area contributed by atoms with Crippen molar-refractivity contribution in [2.24, 2.45) is 4.99 Å². The van der Waals surface area contributed by atoms with E-state index in [9.17, 15) is 0 Å². The lowest BCUT2D eigenvalue weighted by Crippen LogP contribution is -2.48. The molecule has 2 aliphatic rings. The summed E-state index contributed by atoms with van der Waals surface area (Å²) >= 11 is 1.82. The molecule has 0 bridgehead atoms. The van der Waals surface area contributed by atoms with E-state index in [2.05, 4.69) is 53.8 Å². The van der Waals surface area contributed by atoms with Crippen LogP contribution in [0.1, 0.15) is 44.5 Å². The van der Waals surface area contributed by atoms with Crippen LogP contribution >= 0.6 is 35.3 Å². The fourth-order valence-corrected chi connectivity index (χ4v) is 4.62. The van der Waals surface area contributed by atoms with Crippen molar-refractivity contribution in [3.63, 3.8) is 0 Å². The van der Waals surface area contributed by atoms with Crippen LogP contribution in [0.2, 0.25) is 0 Å². The molecule has 0 radical (unpaired) electrons. The maximum Gasteiger partial charge on any atom is 0.191 e. The van der Waals surface area contributed by atoms with Gasteiger partial charge < -0.3 is 20.1 Å². The first-order chi connectivity index (χ1) is 13.1. The molecule has 8 heteroatoms. The highest BCUT2D eigenvalue weighted by molar-refractivity contribution is 14.0. The molecule has 160 valence electrons. The minimum Gasteiger partial charge on any atom is -0.376 e. The summed E-state index contributed by atoms with van der Waals surface area (Å²) in [5, 5.41) is 9.11. The summed E-state index contributed by atoms with van der Waals surface area (Å²) in [5.74, 6) is 0.872. The lowest BCUT2D eigenvalue weighted by atomic mass is 10.0. The summed E-state index contributed by atoms with van der Waals surface area (Å²) in [6, 6.07) is 4.70. The summed E-state index contributed by atoms with van der Waals surface area (Å²) in [6.07, 6.45) is 2.49. The average molecular weight is 522 g/mol. The quantitative estimate of drug-likeness (QED) is 0.327. The van der Waals surface area contributed by atoms with Crippen LogP contribution in [-0.4, -0.2) is 68.5 Å². The molecular formula is C20H35IN4O2S. The molecule has 2 N–H and O–H groups in total. The van der Waals surface area contributed by atoms with Crippen molar-refractivity contribution in [1.29, 1.82) is 0 Å². The number of morpholine rings is 1. The second-order valence-electron chi connectivity index (χ2n) is 7.69. The van der Waals surface area contributed by atoms with Crippen molar-refractivity contribution in [2.45, 2.75) is 51.4 Å². The SMILES string of the molecule is CCNC(=NCC1(C)CCCO1)NCC(c1cccs1)N1CCOC(C)C1.I. The predicted molar refractivity (Wildman–Crippen MR) is 127 cm³/mol. The van der Waals surface area contributed by atoms with E-state index >= 15 is 0 Å². The van der Waals surface area contributed by atoms with Gasteiger partial charge in [-0.15, -0.1) is 35.3 Å². The summed E-state index contributed by atoms with van der Waals surface area (Å²) in [7, 11) is 0. The Kier molecular flexibility index (Phi) is 9.96. The molecule has 0 saturated carbocycles. The van der Waals surface area contributed by atoms with E-state index in [4.69, 9.17) is 14.5 Å². The molecule has 0 spiro atoms. The van der Waals surface area contributed by atoms with Crippen molar-refractivity contribution in [3.05, 3.63) is 22.4 Å². The predicted octanol–water partition coefficient (Wildman–Crippen LogP) is 3.25. The summed E-state index contributed by atoms with van der Waals surface area (Å²) in [6.45, 7) is 12.4. The van der Waals surface area contributed by atoms with E-state index < -0.39 is 0 Å². The molecule has 1 aromatic heterocycles. The minimum absolute atomic E-state index is 0. The summed E-state index contributed by atoms with van der Waals surface area (Å²) in [5.41, 5.74) is -0.116. The molecule has 2 aliphatic heterocycles. The molecule has 1 aromatic rings. The molecule has 6 nitrogen and oxygen atoms in total. The molecule has 3 rings (SSSR count). The Morgan fingerprint density at radius 3 is 2.93 bits per heavy atom. The van der Waals surface area contributed by atoms with Crippen molar-refractivity contribution in [1.82, 2.24) is 15.5 Å². The van der Waals surface area contributed by atoms with Crippen LogP contribution in [0.4, 0.5) is 0 Å². The minimum atomic E-state index is -0.116. The zero-order valence-corrected chi connectivity index (χ0v) is 20.4. The van der Waals surface area contributed by atoms with Crippen molar-refractivity contribution in [3.8, 4) is 0 Å². The fraction of sp³-hybridized carbons (Fsp3) is 0.750. The normalized spacial score (nSPS) is 27.2. The number of aliphatic imine (C=N–C) groups is 1. The maximum absolute atomic E-state index is 5.88. The number of nitrogens with zero attached hydrogens (tertiary/aromatic N) is 2. The van der Waals surface area contributed by atoms with Gasteiger partial charge in [0.1, 0.15) is 0 Å². The van der Waals surface area contributed by atoms with Crippen LogP contribution in [0.15, 0.2) is 22.5 Å². The van der Waals surface area contributed by atoms with Gasteiger partial charge in [0.05, 0.1) is 30.9 Å². The Morgan fingerprint density at radius 2 is 2.29 bits per heavy atom. The third-order valence-electron chi connectivity index (χ3n) is 5.26. The molecule has 3 unspecified atom stereocenters. The molecule has 0 aromatic carbocycles. The topological polar surface area (TPSA) is 58.1 Å². The molecule has 3 atom stereocenters. The van der Waals surface area contributed by atoms with Gasteiger partial charge in [0.15, 0.2) is 5.96 Å². The van der Waals surface area contributed by atoms with Crippen molar-refractivity contribution in [2.75, 3.05) is 45.9 Å². The average Bonchev–Trinajstić information content (AvgIpc) is 3.32. The number of guanidine groups is 1. The van der Waals surface area contributed by atoms with Gasteiger partial charge in [-0.25, -0.2) is 0 Å². The summed E-state index contributed by atoms with van der Waals surface area (Å²) < 4.78 is 11.6. The van der Waals surface area contributed by atoms with E-state index in [1.807, 2.05) is 11.3 Å². The van der Waals surface area contributed by atoms with E-state index in [-0.39, 0.29) is 35.7 Å². The largest absolute Gasteiger partial charge is 0.376 e. The van der Waals surface area contributed by atoms with Crippen LogP contribution in [-0.2, 0) is 9.47 Å². The standard InChI is InChI=1S/C20H34N4O2S.HI/c1-4-21-19(23-15-20(3)8-6-10-26-20)22-13-17(18-7-5-12-27-18)24-9-11-25-16(2)14-24;/h5,7,12,16-17H,4,6,8-11,13-15H2,1-3H3,(H2,21,22,23);1H. The molecule has 28 heavy (non-hydrogen) atoms. The Labute approximate surface area is 190 Å². The lowest BCUT2D eigenvalue weighted by Gasteiger charge is -2.37. The van der Waals surface area contributed by atoms with Crippen LogP contribution < -0.4 is 10.6 Å². The molecule has 0 amide bonds. The zero-order chi connectivity index (χ0) is 19.1. The molecule has 2 fully saturated rings. The molecular weight excluding hydrogens is 487 g/mol. The van der Waals surface area contributed by atoms with E-state index in [0.29, 0.717) is 12.6 Å². The van der Waals surface area contributed by atoms with Crippen LogP contribution in [0.25, 0.3) is 0 Å². The third kappa shape index (κ3) is 6.83. The van der Waals surface area contributed by atoms with Gasteiger partial charge >= 0.3 is 0 Å². The zero-order valence-electron chi connectivity index (χ0n) is 17.3.